The molecule has 0 nitrogen and oxygen atoms in total. The Balaban J connectivity index is 2.97. The van der Waals surface area contributed by atoms with Gasteiger partial charge in [-0.2, -0.15) is 0 Å². The van der Waals surface area contributed by atoms with Gasteiger partial charge >= 0.3 is 0 Å². The molecule has 0 unspecified atom stereocenters. The molecule has 0 saturated heterocycles. The van der Waals surface area contributed by atoms with E-state index in [1.54, 1.807) is 12.1 Å². The van der Waals surface area contributed by atoms with Crippen molar-refractivity contribution in [2.75, 3.05) is 5.33 Å². The van der Waals surface area contributed by atoms with Crippen LogP contribution in [0.4, 0.5) is 4.39 Å². The van der Waals surface area contributed by atoms with Gasteiger partial charge in [0.05, 0.1) is 9.80 Å². The minimum Gasteiger partial charge on any atom is -0.206 e. The molecule has 1 rings (SSSR count). The number of hydrogen-bond donors (Lipinski definition) is 0. The van der Waals surface area contributed by atoms with Crippen LogP contribution in [0.1, 0.15) is 5.56 Å². The maximum absolute atomic E-state index is 12.7. The zero-order chi connectivity index (χ0) is 8.97. The van der Waals surface area contributed by atoms with E-state index in [4.69, 9.17) is 0 Å². The molecule has 0 aliphatic carbocycles. The van der Waals surface area contributed by atoms with Gasteiger partial charge in [0.1, 0.15) is 5.82 Å². The van der Waals surface area contributed by atoms with Crippen LogP contribution in [0.2, 0.25) is 0 Å². The predicted molar refractivity (Wildman–Crippen MR) is 54.8 cm³/mol. The van der Waals surface area contributed by atoms with Gasteiger partial charge < -0.3 is 0 Å². The lowest BCUT2D eigenvalue weighted by molar-refractivity contribution is 0.621. The van der Waals surface area contributed by atoms with Crippen LogP contribution in [0.15, 0.2) is 22.7 Å². The van der Waals surface area contributed by atoms with Gasteiger partial charge in [0.15, 0.2) is 0 Å². The zero-order valence-corrected chi connectivity index (χ0v) is 9.25. The van der Waals surface area contributed by atoms with Crippen LogP contribution < -0.4 is 0 Å². The number of hydrogen-bond acceptors (Lipinski definition) is 0. The van der Waals surface area contributed by atoms with Gasteiger partial charge in [0.25, 0.3) is 0 Å². The Kier molecular flexibility index (Phi) is 3.77. The van der Waals surface area contributed by atoms with Crippen molar-refractivity contribution in [2.24, 2.45) is 0 Å². The monoisotopic (exact) mass is 290 g/mol. The van der Waals surface area contributed by atoms with E-state index < -0.39 is 0 Å². The van der Waals surface area contributed by atoms with Gasteiger partial charge in [0, 0.05) is 5.56 Å². The quantitative estimate of drug-likeness (QED) is 0.508. The minimum atomic E-state index is -0.264. The first-order valence-electron chi connectivity index (χ1n) is 3.24. The summed E-state index contributed by atoms with van der Waals surface area (Å²) in [6.07, 6.45) is 0. The van der Waals surface area contributed by atoms with E-state index in [2.05, 4.69) is 43.7 Å². The summed E-state index contributed by atoms with van der Waals surface area (Å²) in [4.78, 5) is 0. The molecule has 62 valence electrons. The molecule has 0 saturated carbocycles. The van der Waals surface area contributed by atoms with Gasteiger partial charge in [-0.3, -0.25) is 0 Å². The van der Waals surface area contributed by atoms with E-state index in [1.165, 1.54) is 6.07 Å². The molecule has 0 bridgehead atoms. The van der Waals surface area contributed by atoms with Crippen molar-refractivity contribution in [1.82, 2.24) is 0 Å². The first kappa shape index (κ1) is 9.76. The van der Waals surface area contributed by atoms with Crippen LogP contribution >= 0.6 is 31.9 Å². The first-order valence-corrected chi connectivity index (χ1v) is 5.15. The van der Waals surface area contributed by atoms with Crippen molar-refractivity contribution >= 4 is 31.9 Å². The smallest absolute Gasteiger partial charge is 0.137 e. The van der Waals surface area contributed by atoms with Gasteiger partial charge in [-0.15, -0.1) is 0 Å². The molecule has 0 amide bonds. The van der Waals surface area contributed by atoms with Gasteiger partial charge in [-0.05, 0) is 34.1 Å². The average molecular weight is 292 g/mol. The topological polar surface area (TPSA) is 0 Å². The molecule has 0 radical (unpaired) electrons. The Labute approximate surface area is 87.4 Å². The lowest BCUT2D eigenvalue weighted by Crippen LogP contribution is -1.79. The largest absolute Gasteiger partial charge is 0.206 e. The second kappa shape index (κ2) is 4.64. The van der Waals surface area contributed by atoms with Gasteiger partial charge in [0.2, 0.25) is 0 Å². The fourth-order valence-corrected chi connectivity index (χ4v) is 1.23. The van der Waals surface area contributed by atoms with Crippen LogP contribution in [0, 0.1) is 17.7 Å². The number of rotatable bonds is 0. The predicted octanol–water partition coefficient (Wildman–Crippen LogP) is 3.33. The molecule has 3 heteroatoms. The lowest BCUT2D eigenvalue weighted by atomic mass is 10.2. The van der Waals surface area contributed by atoms with Crippen LogP contribution in [-0.2, 0) is 0 Å². The minimum absolute atomic E-state index is 0.264. The Morgan fingerprint density at radius 1 is 1.42 bits per heavy atom. The van der Waals surface area contributed by atoms with E-state index in [-0.39, 0.29) is 5.82 Å². The van der Waals surface area contributed by atoms with Crippen molar-refractivity contribution in [3.63, 3.8) is 0 Å². The SMILES string of the molecule is Fc1ccc(C#CCBr)cc1Br. The summed E-state index contributed by atoms with van der Waals surface area (Å²) >= 11 is 6.26. The Hall–Kier alpha value is -0.330. The highest BCUT2D eigenvalue weighted by molar-refractivity contribution is 9.10. The summed E-state index contributed by atoms with van der Waals surface area (Å²) in [7, 11) is 0. The fraction of sp³-hybridized carbons (Fsp3) is 0.111. The van der Waals surface area contributed by atoms with Crippen molar-refractivity contribution in [2.45, 2.75) is 0 Å². The van der Waals surface area contributed by atoms with E-state index in [1.807, 2.05) is 0 Å². The lowest BCUT2D eigenvalue weighted by Gasteiger charge is -1.93. The zero-order valence-electron chi connectivity index (χ0n) is 6.07. The highest BCUT2D eigenvalue weighted by atomic mass is 79.9. The van der Waals surface area contributed by atoms with Crippen molar-refractivity contribution in [3.8, 4) is 11.8 Å². The van der Waals surface area contributed by atoms with E-state index in [0.717, 1.165) is 5.56 Å². The number of alkyl halides is 1. The molecular formula is C9H5Br2F. The number of halogens is 3. The third-order valence-electron chi connectivity index (χ3n) is 1.22. The maximum Gasteiger partial charge on any atom is 0.137 e. The normalized spacial score (nSPS) is 8.92. The Bertz CT molecular complexity index is 336. The summed E-state index contributed by atoms with van der Waals surface area (Å²) in [5.74, 6) is 5.44. The van der Waals surface area contributed by atoms with Crippen molar-refractivity contribution < 1.29 is 4.39 Å². The average Bonchev–Trinajstić information content (AvgIpc) is 2.07. The molecule has 0 N–H and O–H groups in total. The third-order valence-corrected chi connectivity index (χ3v) is 2.11. The molecular weight excluding hydrogens is 287 g/mol. The van der Waals surface area contributed by atoms with E-state index in [9.17, 15) is 4.39 Å². The molecule has 0 heterocycles. The molecule has 0 atom stereocenters. The molecule has 0 fully saturated rings. The van der Waals surface area contributed by atoms with E-state index in [0.29, 0.717) is 9.80 Å². The van der Waals surface area contributed by atoms with Crippen LogP contribution in [0.5, 0.6) is 0 Å². The molecule has 1 aromatic carbocycles. The van der Waals surface area contributed by atoms with E-state index >= 15 is 0 Å². The molecule has 12 heavy (non-hydrogen) atoms. The second-order valence-corrected chi connectivity index (χ2v) is 3.48. The molecule has 0 spiro atoms. The second-order valence-electron chi connectivity index (χ2n) is 2.06. The standard InChI is InChI=1S/C9H5Br2F/c10-5-1-2-7-3-4-9(12)8(11)6-7/h3-4,6H,5H2. The molecule has 1 aromatic rings. The highest BCUT2D eigenvalue weighted by Crippen LogP contribution is 2.15. The maximum atomic E-state index is 12.7. The van der Waals surface area contributed by atoms with Crippen LogP contribution in [0.25, 0.3) is 0 Å². The van der Waals surface area contributed by atoms with Crippen LogP contribution in [-0.4, -0.2) is 5.33 Å². The summed E-state index contributed by atoms with van der Waals surface area (Å²) in [5, 5.41) is 0.627. The summed E-state index contributed by atoms with van der Waals surface area (Å²) in [5.41, 5.74) is 0.808. The third kappa shape index (κ3) is 2.62. The summed E-state index contributed by atoms with van der Waals surface area (Å²) < 4.78 is 13.2. The van der Waals surface area contributed by atoms with Gasteiger partial charge in [-0.1, -0.05) is 27.8 Å². The number of benzene rings is 1. The van der Waals surface area contributed by atoms with Crippen LogP contribution in [0.3, 0.4) is 0 Å². The Morgan fingerprint density at radius 3 is 2.75 bits per heavy atom. The molecule has 0 aliphatic rings. The van der Waals surface area contributed by atoms with Crippen molar-refractivity contribution in [3.05, 3.63) is 34.1 Å². The summed E-state index contributed by atoms with van der Waals surface area (Å²) in [6, 6.07) is 4.70. The fourth-order valence-electron chi connectivity index (χ4n) is 0.709. The highest BCUT2D eigenvalue weighted by Gasteiger charge is 1.97. The first-order chi connectivity index (χ1) is 5.74. The van der Waals surface area contributed by atoms with Crippen molar-refractivity contribution in [1.29, 1.82) is 0 Å². The van der Waals surface area contributed by atoms with Gasteiger partial charge in [-0.25, -0.2) is 4.39 Å². The molecule has 0 aliphatic heterocycles. The Morgan fingerprint density at radius 2 is 2.17 bits per heavy atom. The summed E-state index contributed by atoms with van der Waals surface area (Å²) in [6.45, 7) is 0. The molecule has 0 aromatic heterocycles.